The van der Waals surface area contributed by atoms with Crippen molar-refractivity contribution in [2.75, 3.05) is 12.2 Å². The summed E-state index contributed by atoms with van der Waals surface area (Å²) in [5.41, 5.74) is 5.28. The van der Waals surface area contributed by atoms with Crippen LogP contribution < -0.4 is 10.8 Å². The van der Waals surface area contributed by atoms with Crippen LogP contribution in [0.2, 0.25) is 0 Å². The molecule has 0 fully saturated rings. The van der Waals surface area contributed by atoms with Crippen LogP contribution in [0.15, 0.2) is 42.6 Å². The SMILES string of the molecule is COC(=O)ON(C(=O)c1ccc(F)nc1)c1cccc(C(N)=O)c1. The molecule has 1 heterocycles. The number of primary amides is 1. The number of anilines is 1. The average molecular weight is 333 g/mol. The number of aromatic nitrogens is 1. The van der Waals surface area contributed by atoms with E-state index in [0.29, 0.717) is 5.06 Å². The van der Waals surface area contributed by atoms with Gasteiger partial charge in [0.25, 0.3) is 5.91 Å². The number of carbonyl (C=O) groups excluding carboxylic acids is 3. The Balaban J connectivity index is 2.42. The van der Waals surface area contributed by atoms with E-state index >= 15 is 0 Å². The Morgan fingerprint density at radius 1 is 1.17 bits per heavy atom. The van der Waals surface area contributed by atoms with E-state index in [1.54, 1.807) is 0 Å². The summed E-state index contributed by atoms with van der Waals surface area (Å²) in [6.45, 7) is 0. The molecule has 24 heavy (non-hydrogen) atoms. The highest BCUT2D eigenvalue weighted by Gasteiger charge is 2.24. The fourth-order valence-electron chi connectivity index (χ4n) is 1.73. The fraction of sp³-hybridized carbons (Fsp3) is 0.0667. The third kappa shape index (κ3) is 3.83. The van der Waals surface area contributed by atoms with E-state index < -0.39 is 23.9 Å². The molecular formula is C15H12FN3O5. The first-order valence-electron chi connectivity index (χ1n) is 6.54. The second-order valence-corrected chi connectivity index (χ2v) is 4.43. The molecule has 0 saturated carbocycles. The molecule has 2 amide bonds. The van der Waals surface area contributed by atoms with Crippen molar-refractivity contribution in [3.63, 3.8) is 0 Å². The molecule has 0 aliphatic rings. The Hall–Kier alpha value is -3.49. The second kappa shape index (κ2) is 7.18. The lowest BCUT2D eigenvalue weighted by Gasteiger charge is -2.20. The monoisotopic (exact) mass is 333 g/mol. The van der Waals surface area contributed by atoms with Crippen LogP contribution in [0, 0.1) is 5.95 Å². The van der Waals surface area contributed by atoms with Crippen molar-refractivity contribution >= 4 is 23.7 Å². The quantitative estimate of drug-likeness (QED) is 0.519. The normalized spacial score (nSPS) is 9.92. The van der Waals surface area contributed by atoms with Gasteiger partial charge >= 0.3 is 6.16 Å². The Kier molecular flexibility index (Phi) is 5.05. The Morgan fingerprint density at radius 3 is 2.50 bits per heavy atom. The van der Waals surface area contributed by atoms with E-state index in [1.165, 1.54) is 24.3 Å². The predicted octanol–water partition coefficient (Wildman–Crippen LogP) is 1.66. The third-order valence-corrected chi connectivity index (χ3v) is 2.86. The summed E-state index contributed by atoms with van der Waals surface area (Å²) >= 11 is 0. The molecule has 0 bridgehead atoms. The number of hydroxylamine groups is 1. The Bertz CT molecular complexity index is 779. The maximum atomic E-state index is 12.9. The first-order chi connectivity index (χ1) is 11.4. The van der Waals surface area contributed by atoms with Gasteiger partial charge in [0.1, 0.15) is 0 Å². The van der Waals surface area contributed by atoms with E-state index in [-0.39, 0.29) is 16.8 Å². The van der Waals surface area contributed by atoms with E-state index in [1.807, 2.05) is 0 Å². The number of methoxy groups -OCH3 is 1. The van der Waals surface area contributed by atoms with Gasteiger partial charge in [0.15, 0.2) is 0 Å². The zero-order valence-electron chi connectivity index (χ0n) is 12.4. The van der Waals surface area contributed by atoms with Crippen molar-refractivity contribution in [2.24, 2.45) is 5.73 Å². The molecule has 1 aromatic carbocycles. The molecule has 0 aliphatic carbocycles. The van der Waals surface area contributed by atoms with Gasteiger partial charge in [0.2, 0.25) is 11.9 Å². The highest BCUT2D eigenvalue weighted by Crippen LogP contribution is 2.20. The molecule has 0 radical (unpaired) electrons. The Labute approximate surface area is 135 Å². The summed E-state index contributed by atoms with van der Waals surface area (Å²) in [5, 5.41) is 0.590. The van der Waals surface area contributed by atoms with Crippen molar-refractivity contribution in [3.8, 4) is 0 Å². The number of hydrogen-bond donors (Lipinski definition) is 1. The van der Waals surface area contributed by atoms with Crippen LogP contribution in [0.5, 0.6) is 0 Å². The molecule has 0 saturated heterocycles. The van der Waals surface area contributed by atoms with E-state index in [4.69, 9.17) is 10.6 Å². The standard InChI is InChI=1S/C15H12FN3O5/c1-23-15(22)24-19(11-4-2-3-9(7-11)13(17)20)14(21)10-5-6-12(16)18-8-10/h2-8H,1H3,(H2,17,20). The Morgan fingerprint density at radius 2 is 1.92 bits per heavy atom. The van der Waals surface area contributed by atoms with Crippen LogP contribution in [-0.4, -0.2) is 30.1 Å². The number of ether oxygens (including phenoxy) is 1. The number of nitrogens with zero attached hydrogens (tertiary/aromatic N) is 2. The van der Waals surface area contributed by atoms with Gasteiger partial charge in [-0.05, 0) is 30.3 Å². The number of carbonyl (C=O) groups is 3. The van der Waals surface area contributed by atoms with Crippen molar-refractivity contribution in [2.45, 2.75) is 0 Å². The lowest BCUT2D eigenvalue weighted by molar-refractivity contribution is 0.0511. The maximum Gasteiger partial charge on any atom is 0.533 e. The number of nitrogens with two attached hydrogens (primary N) is 1. The molecule has 9 heteroatoms. The van der Waals surface area contributed by atoms with Gasteiger partial charge in [-0.2, -0.15) is 4.39 Å². The zero-order chi connectivity index (χ0) is 17.7. The average Bonchev–Trinajstić information content (AvgIpc) is 2.59. The van der Waals surface area contributed by atoms with Crippen molar-refractivity contribution in [1.29, 1.82) is 0 Å². The molecule has 0 spiro atoms. The highest BCUT2D eigenvalue weighted by molar-refractivity contribution is 6.06. The molecule has 2 rings (SSSR count). The number of rotatable bonds is 3. The van der Waals surface area contributed by atoms with E-state index in [0.717, 1.165) is 25.4 Å². The maximum absolute atomic E-state index is 12.9. The first kappa shape index (κ1) is 16.9. The van der Waals surface area contributed by atoms with Crippen LogP contribution in [0.1, 0.15) is 20.7 Å². The van der Waals surface area contributed by atoms with Crippen LogP contribution in [0.3, 0.4) is 0 Å². The second-order valence-electron chi connectivity index (χ2n) is 4.43. The van der Waals surface area contributed by atoms with Crippen LogP contribution in [0.25, 0.3) is 0 Å². The molecule has 0 aliphatic heterocycles. The fourth-order valence-corrected chi connectivity index (χ4v) is 1.73. The van der Waals surface area contributed by atoms with Gasteiger partial charge in [-0.15, -0.1) is 5.06 Å². The number of hydrogen-bond acceptors (Lipinski definition) is 6. The summed E-state index contributed by atoms with van der Waals surface area (Å²) in [6.07, 6.45) is -0.189. The van der Waals surface area contributed by atoms with Gasteiger partial charge in [-0.25, -0.2) is 9.78 Å². The lowest BCUT2D eigenvalue weighted by atomic mass is 10.2. The zero-order valence-corrected chi connectivity index (χ0v) is 12.4. The van der Waals surface area contributed by atoms with Gasteiger partial charge in [-0.3, -0.25) is 14.4 Å². The van der Waals surface area contributed by atoms with Gasteiger partial charge < -0.3 is 10.5 Å². The minimum atomic E-state index is -1.16. The molecule has 2 aromatic rings. The van der Waals surface area contributed by atoms with Crippen molar-refractivity contribution < 1.29 is 28.3 Å². The van der Waals surface area contributed by atoms with E-state index in [2.05, 4.69) is 9.72 Å². The highest BCUT2D eigenvalue weighted by atomic mass is 19.1. The molecule has 0 unspecified atom stereocenters. The third-order valence-electron chi connectivity index (χ3n) is 2.86. The molecule has 2 N–H and O–H groups in total. The molecule has 124 valence electrons. The van der Waals surface area contributed by atoms with Gasteiger partial charge in [-0.1, -0.05) is 6.07 Å². The van der Waals surface area contributed by atoms with E-state index in [9.17, 15) is 18.8 Å². The van der Waals surface area contributed by atoms with Crippen LogP contribution in [-0.2, 0) is 9.57 Å². The summed E-state index contributed by atoms with van der Waals surface area (Å²) in [7, 11) is 1.06. The first-order valence-corrected chi connectivity index (χ1v) is 6.54. The molecule has 1 aromatic heterocycles. The summed E-state index contributed by atoms with van der Waals surface area (Å²) in [4.78, 5) is 43.3. The van der Waals surface area contributed by atoms with Crippen molar-refractivity contribution in [3.05, 3.63) is 59.7 Å². The number of pyridine rings is 1. The number of amides is 2. The lowest BCUT2D eigenvalue weighted by Crippen LogP contribution is -2.34. The topological polar surface area (TPSA) is 112 Å². The largest absolute Gasteiger partial charge is 0.533 e. The molecule has 0 atom stereocenters. The summed E-state index contributed by atoms with van der Waals surface area (Å²) in [5.74, 6) is -2.33. The number of halogens is 1. The predicted molar refractivity (Wildman–Crippen MR) is 79.5 cm³/mol. The minimum absolute atomic E-state index is 0.0472. The van der Waals surface area contributed by atoms with Gasteiger partial charge in [0, 0.05) is 11.8 Å². The molecular weight excluding hydrogens is 321 g/mol. The summed E-state index contributed by atoms with van der Waals surface area (Å²) in [6, 6.07) is 7.66. The minimum Gasteiger partial charge on any atom is -0.436 e. The summed E-state index contributed by atoms with van der Waals surface area (Å²) < 4.78 is 17.3. The van der Waals surface area contributed by atoms with Crippen molar-refractivity contribution in [1.82, 2.24) is 4.98 Å². The van der Waals surface area contributed by atoms with Gasteiger partial charge in [0.05, 0.1) is 18.4 Å². The van der Waals surface area contributed by atoms with Crippen LogP contribution >= 0.6 is 0 Å². The van der Waals surface area contributed by atoms with Crippen LogP contribution in [0.4, 0.5) is 14.9 Å². The smallest absolute Gasteiger partial charge is 0.436 e. The number of benzene rings is 1. The molecule has 8 nitrogen and oxygen atoms in total.